The van der Waals surface area contributed by atoms with E-state index in [1.807, 2.05) is 0 Å². The highest BCUT2D eigenvalue weighted by atomic mass is 35.5. The molecule has 1 fully saturated rings. The summed E-state index contributed by atoms with van der Waals surface area (Å²) in [4.78, 5) is 50.3. The van der Waals surface area contributed by atoms with E-state index in [-0.39, 0.29) is 35.1 Å². The van der Waals surface area contributed by atoms with Crippen molar-refractivity contribution in [2.24, 2.45) is 5.73 Å². The predicted molar refractivity (Wildman–Crippen MR) is 128 cm³/mol. The maximum atomic E-state index is 12.8. The van der Waals surface area contributed by atoms with Crippen LogP contribution in [0.2, 0.25) is 0 Å². The first-order valence-corrected chi connectivity index (χ1v) is 11.5. The number of rotatable bonds is 7. The number of carbonyl (C=O) groups is 4. The molecule has 9 heteroatoms. The van der Waals surface area contributed by atoms with Crippen molar-refractivity contribution in [3.8, 4) is 0 Å². The first kappa shape index (κ1) is 23.5. The molecular formula is C25H25ClN4O4. The highest BCUT2D eigenvalue weighted by molar-refractivity contribution is 6.47. The predicted octanol–water partition coefficient (Wildman–Crippen LogP) is 3.28. The smallest absolute Gasteiger partial charge is 0.278 e. The number of hydrogen-bond acceptors (Lipinski definition) is 5. The molecule has 4 rings (SSSR count). The van der Waals surface area contributed by atoms with Gasteiger partial charge in [0.1, 0.15) is 10.7 Å². The lowest BCUT2D eigenvalue weighted by atomic mass is 9.94. The Morgan fingerprint density at radius 1 is 0.912 bits per heavy atom. The summed E-state index contributed by atoms with van der Waals surface area (Å²) < 4.78 is 0. The number of nitrogens with one attached hydrogen (secondary N) is 2. The second-order valence-electron chi connectivity index (χ2n) is 8.41. The van der Waals surface area contributed by atoms with Gasteiger partial charge in [-0.3, -0.25) is 24.1 Å². The number of nitrogens with two attached hydrogens (primary N) is 1. The Labute approximate surface area is 202 Å². The zero-order chi connectivity index (χ0) is 24.2. The number of amides is 4. The number of imide groups is 1. The van der Waals surface area contributed by atoms with E-state index in [1.165, 1.54) is 17.0 Å². The molecule has 4 amide bonds. The minimum Gasteiger partial charge on any atom is -0.375 e. The van der Waals surface area contributed by atoms with Gasteiger partial charge in [0.2, 0.25) is 5.91 Å². The lowest BCUT2D eigenvalue weighted by molar-refractivity contribution is -0.140. The molecule has 1 aliphatic carbocycles. The van der Waals surface area contributed by atoms with Gasteiger partial charge in [-0.25, -0.2) is 0 Å². The minimum absolute atomic E-state index is 0.0751. The SMILES string of the molecule is NC(=O)c1ccc(NC(=O)c2ccc(CNC3=C(Cl)C(=O)N(C4CCCCC4)C3=O)cc2)cc1. The molecule has 34 heavy (non-hydrogen) atoms. The second kappa shape index (κ2) is 10.1. The molecule has 0 aromatic heterocycles. The van der Waals surface area contributed by atoms with Crippen molar-refractivity contribution < 1.29 is 19.2 Å². The van der Waals surface area contributed by atoms with Gasteiger partial charge in [0.25, 0.3) is 17.7 Å². The molecule has 0 bridgehead atoms. The van der Waals surface area contributed by atoms with Crippen molar-refractivity contribution in [3.05, 3.63) is 76.0 Å². The fraction of sp³-hybridized carbons (Fsp3) is 0.280. The summed E-state index contributed by atoms with van der Waals surface area (Å²) in [5.74, 6) is -1.65. The Balaban J connectivity index is 1.35. The van der Waals surface area contributed by atoms with E-state index in [0.717, 1.165) is 37.7 Å². The largest absolute Gasteiger partial charge is 0.375 e. The van der Waals surface area contributed by atoms with Gasteiger partial charge in [-0.1, -0.05) is 43.0 Å². The van der Waals surface area contributed by atoms with Gasteiger partial charge >= 0.3 is 0 Å². The fourth-order valence-electron chi connectivity index (χ4n) is 4.23. The molecule has 0 spiro atoms. The van der Waals surface area contributed by atoms with Crippen LogP contribution in [-0.4, -0.2) is 34.6 Å². The average molecular weight is 481 g/mol. The summed E-state index contributed by atoms with van der Waals surface area (Å²) in [5.41, 5.74) is 7.49. The maximum Gasteiger partial charge on any atom is 0.278 e. The Morgan fingerprint density at radius 2 is 1.53 bits per heavy atom. The van der Waals surface area contributed by atoms with Gasteiger partial charge < -0.3 is 16.4 Å². The molecule has 1 aliphatic heterocycles. The van der Waals surface area contributed by atoms with E-state index >= 15 is 0 Å². The van der Waals surface area contributed by atoms with E-state index in [1.54, 1.807) is 36.4 Å². The van der Waals surface area contributed by atoms with Crippen LogP contribution in [0.4, 0.5) is 5.69 Å². The Kier molecular flexibility index (Phi) is 6.98. The molecule has 2 aliphatic rings. The normalized spacial score (nSPS) is 16.7. The van der Waals surface area contributed by atoms with Crippen LogP contribution >= 0.6 is 11.6 Å². The number of hydrogen-bond donors (Lipinski definition) is 3. The first-order chi connectivity index (χ1) is 16.3. The number of anilines is 1. The van der Waals surface area contributed by atoms with Crippen molar-refractivity contribution in [2.45, 2.75) is 44.7 Å². The van der Waals surface area contributed by atoms with E-state index in [4.69, 9.17) is 17.3 Å². The third-order valence-electron chi connectivity index (χ3n) is 6.11. The van der Waals surface area contributed by atoms with Gasteiger partial charge in [0.05, 0.1) is 0 Å². The molecule has 0 radical (unpaired) electrons. The van der Waals surface area contributed by atoms with Crippen molar-refractivity contribution in [3.63, 3.8) is 0 Å². The number of primary amides is 1. The van der Waals surface area contributed by atoms with E-state index in [0.29, 0.717) is 16.8 Å². The van der Waals surface area contributed by atoms with Crippen LogP contribution in [0, 0.1) is 0 Å². The summed E-state index contributed by atoms with van der Waals surface area (Å²) in [6.45, 7) is 0.277. The van der Waals surface area contributed by atoms with Gasteiger partial charge in [-0.05, 0) is 54.8 Å². The zero-order valence-electron chi connectivity index (χ0n) is 18.5. The van der Waals surface area contributed by atoms with Crippen molar-refractivity contribution in [1.82, 2.24) is 10.2 Å². The third-order valence-corrected chi connectivity index (χ3v) is 6.46. The fourth-order valence-corrected chi connectivity index (χ4v) is 4.47. The minimum atomic E-state index is -0.538. The van der Waals surface area contributed by atoms with E-state index < -0.39 is 11.8 Å². The molecule has 0 unspecified atom stereocenters. The summed E-state index contributed by atoms with van der Waals surface area (Å²) in [7, 11) is 0. The first-order valence-electron chi connectivity index (χ1n) is 11.2. The molecule has 1 heterocycles. The van der Waals surface area contributed by atoms with Crippen molar-refractivity contribution in [1.29, 1.82) is 0 Å². The highest BCUT2D eigenvalue weighted by Gasteiger charge is 2.41. The van der Waals surface area contributed by atoms with Crippen LogP contribution in [0.1, 0.15) is 58.4 Å². The molecule has 2 aromatic carbocycles. The molecule has 2 aromatic rings. The highest BCUT2D eigenvalue weighted by Crippen LogP contribution is 2.30. The topological polar surface area (TPSA) is 122 Å². The summed E-state index contributed by atoms with van der Waals surface area (Å²) in [6.07, 6.45) is 4.75. The Hall–Kier alpha value is -3.65. The lowest BCUT2D eigenvalue weighted by Crippen LogP contribution is -2.43. The van der Waals surface area contributed by atoms with Crippen molar-refractivity contribution >= 4 is 40.9 Å². The van der Waals surface area contributed by atoms with Crippen LogP contribution in [0.15, 0.2) is 59.3 Å². The van der Waals surface area contributed by atoms with Gasteiger partial charge in [0, 0.05) is 29.4 Å². The molecule has 8 nitrogen and oxygen atoms in total. The molecule has 0 saturated heterocycles. The molecule has 0 atom stereocenters. The second-order valence-corrected chi connectivity index (χ2v) is 8.79. The molecule has 4 N–H and O–H groups in total. The number of halogens is 1. The Bertz CT molecular complexity index is 1150. The van der Waals surface area contributed by atoms with E-state index in [9.17, 15) is 19.2 Å². The third kappa shape index (κ3) is 4.97. The van der Waals surface area contributed by atoms with Gasteiger partial charge in [0.15, 0.2) is 0 Å². The Morgan fingerprint density at radius 3 is 2.15 bits per heavy atom. The van der Waals surface area contributed by atoms with Crippen LogP contribution in [0.3, 0.4) is 0 Å². The van der Waals surface area contributed by atoms with E-state index in [2.05, 4.69) is 10.6 Å². The number of nitrogens with zero attached hydrogens (tertiary/aromatic N) is 1. The zero-order valence-corrected chi connectivity index (χ0v) is 19.2. The quantitative estimate of drug-likeness (QED) is 0.525. The average Bonchev–Trinajstić information content (AvgIpc) is 3.06. The van der Waals surface area contributed by atoms with Gasteiger partial charge in [-0.2, -0.15) is 0 Å². The number of benzene rings is 2. The molecule has 1 saturated carbocycles. The standard InChI is InChI=1S/C25H25ClN4O4/c26-20-21(25(34)30(24(20)33)19-4-2-1-3-5-19)28-14-15-6-8-17(9-7-15)23(32)29-18-12-10-16(11-13-18)22(27)31/h6-13,19,28H,1-5,14H2,(H2,27,31)(H,29,32). The van der Waals surface area contributed by atoms with Crippen LogP contribution in [0.5, 0.6) is 0 Å². The van der Waals surface area contributed by atoms with Crippen LogP contribution in [0.25, 0.3) is 0 Å². The lowest BCUT2D eigenvalue weighted by Gasteiger charge is -2.29. The number of carbonyl (C=O) groups excluding carboxylic acids is 4. The summed E-state index contributed by atoms with van der Waals surface area (Å²) in [5, 5.41) is 5.68. The maximum absolute atomic E-state index is 12.8. The van der Waals surface area contributed by atoms with Crippen LogP contribution < -0.4 is 16.4 Å². The van der Waals surface area contributed by atoms with Gasteiger partial charge in [-0.15, -0.1) is 0 Å². The van der Waals surface area contributed by atoms with Crippen LogP contribution in [-0.2, 0) is 16.1 Å². The molecular weight excluding hydrogens is 456 g/mol. The monoisotopic (exact) mass is 480 g/mol. The summed E-state index contributed by atoms with van der Waals surface area (Å²) >= 11 is 6.20. The molecule has 176 valence electrons. The van der Waals surface area contributed by atoms with Crippen molar-refractivity contribution in [2.75, 3.05) is 5.32 Å². The summed E-state index contributed by atoms with van der Waals surface area (Å²) in [6, 6.07) is 13.0.